The van der Waals surface area contributed by atoms with Gasteiger partial charge in [-0.25, -0.2) is 12.8 Å². The van der Waals surface area contributed by atoms with Gasteiger partial charge < -0.3 is 5.32 Å². The van der Waals surface area contributed by atoms with Crippen molar-refractivity contribution in [3.05, 3.63) is 28.5 Å². The van der Waals surface area contributed by atoms with E-state index < -0.39 is 15.8 Å². The summed E-state index contributed by atoms with van der Waals surface area (Å²) in [7, 11) is -1.99. The molecule has 0 saturated carbocycles. The molecule has 118 valence electrons. The van der Waals surface area contributed by atoms with Crippen LogP contribution in [0.2, 0.25) is 5.02 Å². The van der Waals surface area contributed by atoms with Crippen molar-refractivity contribution in [2.45, 2.75) is 31.7 Å². The molecule has 2 rings (SSSR count). The van der Waals surface area contributed by atoms with Crippen LogP contribution in [0.25, 0.3) is 0 Å². The van der Waals surface area contributed by atoms with Crippen LogP contribution in [0.4, 0.5) is 4.39 Å². The summed E-state index contributed by atoms with van der Waals surface area (Å²) < 4.78 is 40.6. The van der Waals surface area contributed by atoms with Crippen LogP contribution in [0.1, 0.15) is 25.8 Å². The molecule has 0 amide bonds. The Balaban J connectivity index is 2.41. The SMILES string of the molecule is CNCc1cc(S(=O)(=O)N2CCC(C)(C)C2)cc(F)c1Cl. The molecule has 1 heterocycles. The molecule has 1 saturated heterocycles. The Morgan fingerprint density at radius 3 is 2.62 bits per heavy atom. The normalized spacial score (nSPS) is 19.1. The Labute approximate surface area is 130 Å². The minimum atomic E-state index is -3.68. The molecule has 21 heavy (non-hydrogen) atoms. The molecule has 0 aliphatic carbocycles. The molecule has 4 nitrogen and oxygen atoms in total. The molecular weight excluding hydrogens is 315 g/mol. The number of sulfonamides is 1. The second kappa shape index (κ2) is 5.83. The summed E-state index contributed by atoms with van der Waals surface area (Å²) >= 11 is 5.88. The molecule has 0 spiro atoms. The highest BCUT2D eigenvalue weighted by Crippen LogP contribution is 2.34. The first-order chi connectivity index (χ1) is 9.67. The minimum absolute atomic E-state index is 0.0349. The molecule has 1 aromatic carbocycles. The van der Waals surface area contributed by atoms with Gasteiger partial charge in [0.25, 0.3) is 0 Å². The highest BCUT2D eigenvalue weighted by molar-refractivity contribution is 7.89. The van der Waals surface area contributed by atoms with Crippen molar-refractivity contribution in [1.29, 1.82) is 0 Å². The molecular formula is C14H20ClFN2O2S. The number of halogens is 2. The van der Waals surface area contributed by atoms with Crippen LogP contribution in [0.5, 0.6) is 0 Å². The number of nitrogens with one attached hydrogen (secondary N) is 1. The summed E-state index contributed by atoms with van der Waals surface area (Å²) in [5, 5.41) is 2.82. The summed E-state index contributed by atoms with van der Waals surface area (Å²) in [5.74, 6) is -0.707. The monoisotopic (exact) mass is 334 g/mol. The maximum atomic E-state index is 13.9. The van der Waals surface area contributed by atoms with Crippen molar-refractivity contribution >= 4 is 21.6 Å². The number of benzene rings is 1. The first-order valence-corrected chi connectivity index (χ1v) is 8.62. The molecule has 1 aliphatic heterocycles. The predicted molar refractivity (Wildman–Crippen MR) is 81.3 cm³/mol. The second-order valence-corrected chi connectivity index (χ2v) is 8.48. The van der Waals surface area contributed by atoms with Crippen molar-refractivity contribution in [2.24, 2.45) is 5.41 Å². The maximum absolute atomic E-state index is 13.9. The fourth-order valence-corrected chi connectivity index (χ4v) is 4.37. The average Bonchev–Trinajstić information content (AvgIpc) is 2.76. The average molecular weight is 335 g/mol. The Morgan fingerprint density at radius 2 is 2.10 bits per heavy atom. The standard InChI is InChI=1S/C14H20ClFN2O2S/c1-14(2)4-5-18(9-14)21(19,20)11-6-10(8-17-3)13(15)12(16)7-11/h6-7,17H,4-5,8-9H2,1-3H3. The fourth-order valence-electron chi connectivity index (χ4n) is 2.50. The van der Waals surface area contributed by atoms with E-state index in [2.05, 4.69) is 5.32 Å². The zero-order chi connectivity index (χ0) is 15.8. The topological polar surface area (TPSA) is 49.4 Å². The van der Waals surface area contributed by atoms with Gasteiger partial charge in [-0.2, -0.15) is 4.31 Å². The van der Waals surface area contributed by atoms with E-state index in [1.54, 1.807) is 7.05 Å². The second-order valence-electron chi connectivity index (χ2n) is 6.16. The number of rotatable bonds is 4. The zero-order valence-corrected chi connectivity index (χ0v) is 14.0. The summed E-state index contributed by atoms with van der Waals surface area (Å²) in [6.07, 6.45) is 0.797. The van der Waals surface area contributed by atoms with Crippen LogP contribution in [-0.2, 0) is 16.6 Å². The molecule has 1 fully saturated rings. The first kappa shape index (κ1) is 16.7. The summed E-state index contributed by atoms with van der Waals surface area (Å²) in [5.41, 5.74) is 0.391. The zero-order valence-electron chi connectivity index (χ0n) is 12.4. The van der Waals surface area contributed by atoms with Gasteiger partial charge in [0.2, 0.25) is 10.0 Å². The first-order valence-electron chi connectivity index (χ1n) is 6.80. The van der Waals surface area contributed by atoms with Crippen LogP contribution >= 0.6 is 11.6 Å². The molecule has 1 N–H and O–H groups in total. The Morgan fingerprint density at radius 1 is 1.43 bits per heavy atom. The smallest absolute Gasteiger partial charge is 0.243 e. The Kier molecular flexibility index (Phi) is 4.63. The molecule has 0 bridgehead atoms. The third-order valence-electron chi connectivity index (χ3n) is 3.72. The lowest BCUT2D eigenvalue weighted by atomic mass is 9.93. The van der Waals surface area contributed by atoms with Gasteiger partial charge in [-0.05, 0) is 36.6 Å². The van der Waals surface area contributed by atoms with E-state index in [-0.39, 0.29) is 15.3 Å². The van der Waals surface area contributed by atoms with E-state index in [1.165, 1.54) is 10.4 Å². The van der Waals surface area contributed by atoms with Crippen LogP contribution in [0, 0.1) is 11.2 Å². The van der Waals surface area contributed by atoms with Gasteiger partial charge in [0, 0.05) is 19.6 Å². The van der Waals surface area contributed by atoms with E-state index in [9.17, 15) is 12.8 Å². The molecule has 0 aromatic heterocycles. The molecule has 0 atom stereocenters. The molecule has 0 radical (unpaired) electrons. The summed E-state index contributed by atoms with van der Waals surface area (Å²) in [6, 6.07) is 2.45. The number of hydrogen-bond donors (Lipinski definition) is 1. The lowest BCUT2D eigenvalue weighted by molar-refractivity contribution is 0.375. The largest absolute Gasteiger partial charge is 0.316 e. The number of hydrogen-bond acceptors (Lipinski definition) is 3. The number of nitrogens with zero attached hydrogens (tertiary/aromatic N) is 1. The molecule has 7 heteroatoms. The van der Waals surface area contributed by atoms with Crippen molar-refractivity contribution < 1.29 is 12.8 Å². The van der Waals surface area contributed by atoms with Crippen LogP contribution in [0.3, 0.4) is 0 Å². The van der Waals surface area contributed by atoms with Gasteiger partial charge >= 0.3 is 0 Å². The Hall–Kier alpha value is -0.690. The lowest BCUT2D eigenvalue weighted by Gasteiger charge is -2.20. The Bertz CT molecular complexity index is 647. The van der Waals surface area contributed by atoms with E-state index in [0.717, 1.165) is 12.5 Å². The van der Waals surface area contributed by atoms with Gasteiger partial charge in [0.15, 0.2) is 0 Å². The van der Waals surface area contributed by atoms with Crippen LogP contribution in [-0.4, -0.2) is 32.9 Å². The van der Waals surface area contributed by atoms with Gasteiger partial charge in [-0.1, -0.05) is 25.4 Å². The van der Waals surface area contributed by atoms with Gasteiger partial charge in [0.05, 0.1) is 9.92 Å². The van der Waals surface area contributed by atoms with E-state index >= 15 is 0 Å². The van der Waals surface area contributed by atoms with Crippen molar-refractivity contribution in [1.82, 2.24) is 9.62 Å². The minimum Gasteiger partial charge on any atom is -0.316 e. The third kappa shape index (κ3) is 3.39. The molecule has 1 aliphatic rings. The van der Waals surface area contributed by atoms with E-state index in [0.29, 0.717) is 25.2 Å². The van der Waals surface area contributed by atoms with Crippen molar-refractivity contribution in [3.8, 4) is 0 Å². The summed E-state index contributed by atoms with van der Waals surface area (Å²) in [4.78, 5) is -0.0349. The maximum Gasteiger partial charge on any atom is 0.243 e. The quantitative estimate of drug-likeness (QED) is 0.920. The fraction of sp³-hybridized carbons (Fsp3) is 0.571. The van der Waals surface area contributed by atoms with Crippen molar-refractivity contribution in [2.75, 3.05) is 20.1 Å². The lowest BCUT2D eigenvalue weighted by Crippen LogP contribution is -2.30. The van der Waals surface area contributed by atoms with Gasteiger partial charge in [-0.15, -0.1) is 0 Å². The molecule has 1 aromatic rings. The van der Waals surface area contributed by atoms with Crippen molar-refractivity contribution in [3.63, 3.8) is 0 Å². The van der Waals surface area contributed by atoms with Crippen LogP contribution in [0.15, 0.2) is 17.0 Å². The highest BCUT2D eigenvalue weighted by Gasteiger charge is 2.37. The summed E-state index contributed by atoms with van der Waals surface area (Å²) in [6.45, 7) is 5.27. The highest BCUT2D eigenvalue weighted by atomic mass is 35.5. The molecule has 0 unspecified atom stereocenters. The van der Waals surface area contributed by atoms with Gasteiger partial charge in [0.1, 0.15) is 5.82 Å². The third-order valence-corrected chi connectivity index (χ3v) is 5.97. The van der Waals surface area contributed by atoms with E-state index in [1.807, 2.05) is 13.8 Å². The van der Waals surface area contributed by atoms with E-state index in [4.69, 9.17) is 11.6 Å². The van der Waals surface area contributed by atoms with Crippen LogP contribution < -0.4 is 5.32 Å². The van der Waals surface area contributed by atoms with Gasteiger partial charge in [-0.3, -0.25) is 0 Å². The predicted octanol–water partition coefficient (Wildman–Crippen LogP) is 2.62.